The highest BCUT2D eigenvalue weighted by atomic mass is 16.3. The van der Waals surface area contributed by atoms with Crippen LogP contribution in [0.25, 0.3) is 16.6 Å². The minimum absolute atomic E-state index is 0.616. The Bertz CT molecular complexity index is 802. The molecule has 0 fully saturated rings. The first-order valence-corrected chi connectivity index (χ1v) is 6.73. The fourth-order valence-corrected chi connectivity index (χ4v) is 2.81. The van der Waals surface area contributed by atoms with Gasteiger partial charge in [0.2, 0.25) is 0 Å². The van der Waals surface area contributed by atoms with E-state index in [-0.39, 0.29) is 0 Å². The fraction of sp³-hybridized carbons (Fsp3) is 0.118. The number of nitrogens with zero attached hydrogens (tertiary/aromatic N) is 2. The van der Waals surface area contributed by atoms with Crippen molar-refractivity contribution in [3.63, 3.8) is 0 Å². The quantitative estimate of drug-likeness (QED) is 0.770. The van der Waals surface area contributed by atoms with Crippen molar-refractivity contribution in [1.82, 2.24) is 9.55 Å². The van der Waals surface area contributed by atoms with Gasteiger partial charge in [-0.15, -0.1) is 0 Å². The number of allylic oxidation sites excluding steroid dienone is 1. The third kappa shape index (κ3) is 1.60. The zero-order chi connectivity index (χ0) is 13.5. The van der Waals surface area contributed by atoms with Crippen LogP contribution in [0.1, 0.15) is 17.5 Å². The number of fused-ring (bicyclic) bond motifs is 3. The molecule has 0 aliphatic carbocycles. The van der Waals surface area contributed by atoms with Crippen LogP contribution in [0.3, 0.4) is 0 Å². The van der Waals surface area contributed by atoms with Gasteiger partial charge in [0.05, 0.1) is 11.0 Å². The predicted molar refractivity (Wildman–Crippen MR) is 79.1 cm³/mol. The third-order valence-electron chi connectivity index (χ3n) is 3.82. The molecular weight excluding hydrogens is 248 g/mol. The average molecular weight is 262 g/mol. The molecule has 1 aliphatic rings. The van der Waals surface area contributed by atoms with Gasteiger partial charge in [-0.3, -0.25) is 0 Å². The summed E-state index contributed by atoms with van der Waals surface area (Å²) in [4.78, 5) is 4.66. The van der Waals surface area contributed by atoms with Crippen LogP contribution in [0.2, 0.25) is 0 Å². The van der Waals surface area contributed by atoms with Crippen molar-refractivity contribution >= 4 is 16.6 Å². The van der Waals surface area contributed by atoms with E-state index in [0.29, 0.717) is 0 Å². The molecule has 0 amide bonds. The SMILES string of the molecule is OC(C1=CCn2c1nc1ccccc12)c1ccccc1. The highest BCUT2D eigenvalue weighted by Crippen LogP contribution is 2.35. The summed E-state index contributed by atoms with van der Waals surface area (Å²) in [6.45, 7) is 0.773. The Kier molecular flexibility index (Phi) is 2.47. The first-order chi connectivity index (χ1) is 9.84. The van der Waals surface area contributed by atoms with Crippen molar-refractivity contribution in [2.24, 2.45) is 0 Å². The molecule has 0 spiro atoms. The predicted octanol–water partition coefficient (Wildman–Crippen LogP) is 3.17. The van der Waals surface area contributed by atoms with E-state index in [2.05, 4.69) is 21.7 Å². The maximum Gasteiger partial charge on any atom is 0.140 e. The van der Waals surface area contributed by atoms with Crippen LogP contribution in [-0.2, 0) is 6.54 Å². The number of benzene rings is 2. The van der Waals surface area contributed by atoms with E-state index in [0.717, 1.165) is 34.5 Å². The fourth-order valence-electron chi connectivity index (χ4n) is 2.81. The van der Waals surface area contributed by atoms with Gasteiger partial charge in [0.15, 0.2) is 0 Å². The van der Waals surface area contributed by atoms with Gasteiger partial charge in [-0.05, 0) is 17.7 Å². The zero-order valence-corrected chi connectivity index (χ0v) is 10.9. The summed E-state index contributed by atoms with van der Waals surface area (Å²) >= 11 is 0. The van der Waals surface area contributed by atoms with Crippen molar-refractivity contribution in [3.8, 4) is 0 Å². The largest absolute Gasteiger partial charge is 0.384 e. The second-order valence-electron chi connectivity index (χ2n) is 5.01. The molecule has 3 aromatic rings. The van der Waals surface area contributed by atoms with E-state index < -0.39 is 6.10 Å². The van der Waals surface area contributed by atoms with Crippen molar-refractivity contribution in [2.75, 3.05) is 0 Å². The summed E-state index contributed by atoms with van der Waals surface area (Å²) in [5.41, 5.74) is 3.90. The average Bonchev–Trinajstić information content (AvgIpc) is 3.06. The van der Waals surface area contributed by atoms with Crippen LogP contribution < -0.4 is 0 Å². The Labute approximate surface area is 116 Å². The van der Waals surface area contributed by atoms with Gasteiger partial charge in [-0.2, -0.15) is 0 Å². The lowest BCUT2D eigenvalue weighted by Crippen LogP contribution is -2.01. The monoisotopic (exact) mass is 262 g/mol. The maximum atomic E-state index is 10.6. The van der Waals surface area contributed by atoms with Crippen LogP contribution in [0.5, 0.6) is 0 Å². The molecule has 1 atom stereocenters. The molecule has 1 unspecified atom stereocenters. The second kappa shape index (κ2) is 4.32. The lowest BCUT2D eigenvalue weighted by atomic mass is 10.0. The molecule has 3 nitrogen and oxygen atoms in total. The van der Waals surface area contributed by atoms with Crippen LogP contribution in [0.15, 0.2) is 60.7 Å². The number of hydrogen-bond acceptors (Lipinski definition) is 2. The molecule has 2 aromatic carbocycles. The lowest BCUT2D eigenvalue weighted by Gasteiger charge is -2.11. The van der Waals surface area contributed by atoms with Crippen molar-refractivity contribution in [2.45, 2.75) is 12.6 Å². The first kappa shape index (κ1) is 11.4. The highest BCUT2D eigenvalue weighted by Gasteiger charge is 2.25. The Morgan fingerprint density at radius 2 is 1.75 bits per heavy atom. The van der Waals surface area contributed by atoms with Crippen LogP contribution in [-0.4, -0.2) is 14.7 Å². The van der Waals surface area contributed by atoms with Gasteiger partial charge in [-0.25, -0.2) is 4.98 Å². The van der Waals surface area contributed by atoms with E-state index in [1.807, 2.05) is 48.5 Å². The molecular formula is C17H14N2O. The second-order valence-corrected chi connectivity index (χ2v) is 5.01. The highest BCUT2D eigenvalue weighted by molar-refractivity contribution is 5.82. The summed E-state index contributed by atoms with van der Waals surface area (Å²) in [5, 5.41) is 10.6. The molecule has 2 heterocycles. The Morgan fingerprint density at radius 3 is 2.60 bits per heavy atom. The minimum atomic E-state index is -0.616. The van der Waals surface area contributed by atoms with Gasteiger partial charge in [0.25, 0.3) is 0 Å². The molecule has 4 rings (SSSR count). The van der Waals surface area contributed by atoms with Crippen LogP contribution in [0.4, 0.5) is 0 Å². The summed E-state index contributed by atoms with van der Waals surface area (Å²) in [6.07, 6.45) is 1.45. The first-order valence-electron chi connectivity index (χ1n) is 6.73. The van der Waals surface area contributed by atoms with Gasteiger partial charge in [0, 0.05) is 12.1 Å². The Hall–Kier alpha value is -2.39. The molecule has 0 saturated heterocycles. The van der Waals surface area contributed by atoms with E-state index in [9.17, 15) is 5.11 Å². The molecule has 1 N–H and O–H groups in total. The van der Waals surface area contributed by atoms with Crippen molar-refractivity contribution in [3.05, 3.63) is 72.1 Å². The third-order valence-corrected chi connectivity index (χ3v) is 3.82. The number of imidazole rings is 1. The molecule has 0 saturated carbocycles. The van der Waals surface area contributed by atoms with E-state index in [4.69, 9.17) is 0 Å². The normalized spacial score (nSPS) is 15.2. The number of rotatable bonds is 2. The number of aliphatic hydroxyl groups is 1. The summed E-state index contributed by atoms with van der Waals surface area (Å²) in [7, 11) is 0. The van der Waals surface area contributed by atoms with E-state index in [1.165, 1.54) is 0 Å². The molecule has 98 valence electrons. The zero-order valence-electron chi connectivity index (χ0n) is 10.9. The number of aromatic nitrogens is 2. The number of para-hydroxylation sites is 2. The molecule has 0 bridgehead atoms. The lowest BCUT2D eigenvalue weighted by molar-refractivity contribution is 0.238. The van der Waals surface area contributed by atoms with Crippen molar-refractivity contribution < 1.29 is 5.11 Å². The molecule has 1 aliphatic heterocycles. The smallest absolute Gasteiger partial charge is 0.140 e. The van der Waals surface area contributed by atoms with Crippen LogP contribution >= 0.6 is 0 Å². The molecule has 1 aromatic heterocycles. The van der Waals surface area contributed by atoms with E-state index in [1.54, 1.807) is 0 Å². The standard InChI is InChI=1S/C17H14N2O/c20-16(12-6-2-1-3-7-12)13-10-11-19-15-9-5-4-8-14(15)18-17(13)19/h1-10,16,20H,11H2. The van der Waals surface area contributed by atoms with E-state index >= 15 is 0 Å². The Morgan fingerprint density at radius 1 is 1.00 bits per heavy atom. The maximum absolute atomic E-state index is 10.6. The summed E-state index contributed by atoms with van der Waals surface area (Å²) < 4.78 is 2.15. The summed E-state index contributed by atoms with van der Waals surface area (Å²) in [6, 6.07) is 17.8. The Balaban J connectivity index is 1.81. The molecule has 3 heteroatoms. The topological polar surface area (TPSA) is 38.0 Å². The number of aliphatic hydroxyl groups excluding tert-OH is 1. The van der Waals surface area contributed by atoms with Gasteiger partial charge in [-0.1, -0.05) is 48.5 Å². The van der Waals surface area contributed by atoms with Gasteiger partial charge >= 0.3 is 0 Å². The summed E-state index contributed by atoms with van der Waals surface area (Å²) in [5.74, 6) is 0.877. The van der Waals surface area contributed by atoms with Crippen molar-refractivity contribution in [1.29, 1.82) is 0 Å². The van der Waals surface area contributed by atoms with Gasteiger partial charge < -0.3 is 9.67 Å². The minimum Gasteiger partial charge on any atom is -0.384 e. The molecule has 20 heavy (non-hydrogen) atoms. The van der Waals surface area contributed by atoms with Crippen LogP contribution in [0, 0.1) is 0 Å². The number of hydrogen-bond donors (Lipinski definition) is 1. The van der Waals surface area contributed by atoms with Gasteiger partial charge in [0.1, 0.15) is 11.9 Å². The molecule has 0 radical (unpaired) electrons.